The molecule has 1 atom stereocenters. The van der Waals surface area contributed by atoms with Crippen LogP contribution in [0.3, 0.4) is 0 Å². The van der Waals surface area contributed by atoms with Crippen LogP contribution in [0.2, 0.25) is 0 Å². The Labute approximate surface area is 126 Å². The normalized spacial score (nSPS) is 23.2. The van der Waals surface area contributed by atoms with E-state index in [0.717, 1.165) is 30.7 Å². The number of ether oxygens (including phenoxy) is 1. The summed E-state index contributed by atoms with van der Waals surface area (Å²) >= 11 is 0. The first kappa shape index (κ1) is 14.4. The van der Waals surface area contributed by atoms with Gasteiger partial charge in [-0.3, -0.25) is 9.69 Å². The zero-order chi connectivity index (χ0) is 14.7. The van der Waals surface area contributed by atoms with Gasteiger partial charge in [0.05, 0.1) is 6.54 Å². The minimum absolute atomic E-state index is 0.146. The molecule has 1 unspecified atom stereocenters. The Balaban J connectivity index is 1.62. The highest BCUT2D eigenvalue weighted by atomic mass is 16.5. The molecule has 0 saturated heterocycles. The fraction of sp³-hybridized carbons (Fsp3) is 0.588. The van der Waals surface area contributed by atoms with Gasteiger partial charge in [-0.1, -0.05) is 31.0 Å². The van der Waals surface area contributed by atoms with Gasteiger partial charge in [-0.2, -0.15) is 0 Å². The SMILES string of the molecule is CC1COc2ccccc2CN1CC(=O)NC1CCCC1. The molecule has 1 aromatic rings. The van der Waals surface area contributed by atoms with Crippen molar-refractivity contribution < 1.29 is 9.53 Å². The Morgan fingerprint density at radius 3 is 2.90 bits per heavy atom. The van der Waals surface area contributed by atoms with Gasteiger partial charge in [0, 0.05) is 24.2 Å². The van der Waals surface area contributed by atoms with Crippen molar-refractivity contribution in [1.82, 2.24) is 10.2 Å². The summed E-state index contributed by atoms with van der Waals surface area (Å²) < 4.78 is 5.83. The highest BCUT2D eigenvalue weighted by Gasteiger charge is 2.24. The Hall–Kier alpha value is -1.55. The van der Waals surface area contributed by atoms with Crippen molar-refractivity contribution in [2.75, 3.05) is 13.2 Å². The van der Waals surface area contributed by atoms with E-state index in [0.29, 0.717) is 19.2 Å². The number of benzene rings is 1. The standard InChI is InChI=1S/C17H24N2O2/c1-13-12-21-16-9-5-2-6-14(16)10-19(13)11-17(20)18-15-7-3-4-8-15/h2,5-6,9,13,15H,3-4,7-8,10-12H2,1H3,(H,18,20). The third kappa shape index (κ3) is 3.56. The average Bonchev–Trinajstić information content (AvgIpc) is 2.92. The molecule has 3 rings (SSSR count). The summed E-state index contributed by atoms with van der Waals surface area (Å²) in [6.45, 7) is 3.98. The van der Waals surface area contributed by atoms with Crippen molar-refractivity contribution in [3.05, 3.63) is 29.8 Å². The molecule has 21 heavy (non-hydrogen) atoms. The van der Waals surface area contributed by atoms with Crippen molar-refractivity contribution in [3.8, 4) is 5.75 Å². The number of rotatable bonds is 3. The molecule has 1 amide bonds. The third-order valence-corrected chi connectivity index (χ3v) is 4.52. The molecule has 0 aromatic heterocycles. The van der Waals surface area contributed by atoms with Crippen molar-refractivity contribution in [2.24, 2.45) is 0 Å². The summed E-state index contributed by atoms with van der Waals surface area (Å²) in [4.78, 5) is 14.4. The van der Waals surface area contributed by atoms with Crippen LogP contribution in [-0.2, 0) is 11.3 Å². The average molecular weight is 288 g/mol. The molecular formula is C17H24N2O2. The van der Waals surface area contributed by atoms with Crippen molar-refractivity contribution >= 4 is 5.91 Å². The first-order chi connectivity index (χ1) is 10.2. The summed E-state index contributed by atoms with van der Waals surface area (Å²) in [5.41, 5.74) is 1.16. The summed E-state index contributed by atoms with van der Waals surface area (Å²) in [6, 6.07) is 8.73. The van der Waals surface area contributed by atoms with E-state index in [2.05, 4.69) is 23.2 Å². The lowest BCUT2D eigenvalue weighted by Crippen LogP contribution is -2.44. The number of nitrogens with zero attached hydrogens (tertiary/aromatic N) is 1. The molecule has 1 N–H and O–H groups in total. The number of nitrogens with one attached hydrogen (secondary N) is 1. The first-order valence-electron chi connectivity index (χ1n) is 7.96. The minimum atomic E-state index is 0.146. The summed E-state index contributed by atoms with van der Waals surface area (Å²) in [6.07, 6.45) is 4.75. The van der Waals surface area contributed by atoms with E-state index in [1.165, 1.54) is 12.8 Å². The predicted octanol–water partition coefficient (Wildman–Crippen LogP) is 2.33. The number of hydrogen-bond acceptors (Lipinski definition) is 3. The van der Waals surface area contributed by atoms with Crippen LogP contribution in [0, 0.1) is 0 Å². The molecule has 0 spiro atoms. The quantitative estimate of drug-likeness (QED) is 0.928. The van der Waals surface area contributed by atoms with E-state index < -0.39 is 0 Å². The van der Waals surface area contributed by atoms with Crippen LogP contribution in [0.1, 0.15) is 38.2 Å². The lowest BCUT2D eigenvalue weighted by atomic mass is 10.2. The van der Waals surface area contributed by atoms with Gasteiger partial charge in [0.25, 0.3) is 0 Å². The number of amides is 1. The summed E-state index contributed by atoms with van der Waals surface area (Å²) in [5.74, 6) is 1.09. The van der Waals surface area contributed by atoms with Gasteiger partial charge in [0.15, 0.2) is 0 Å². The molecule has 1 fully saturated rings. The molecule has 1 aromatic carbocycles. The van der Waals surface area contributed by atoms with Crippen molar-refractivity contribution in [2.45, 2.75) is 51.2 Å². The topological polar surface area (TPSA) is 41.6 Å². The van der Waals surface area contributed by atoms with Gasteiger partial charge in [0.1, 0.15) is 12.4 Å². The zero-order valence-corrected chi connectivity index (χ0v) is 12.7. The van der Waals surface area contributed by atoms with Gasteiger partial charge < -0.3 is 10.1 Å². The Kier molecular flexibility index (Phi) is 4.44. The molecule has 4 nitrogen and oxygen atoms in total. The molecule has 114 valence electrons. The van der Waals surface area contributed by atoms with Crippen LogP contribution in [0.15, 0.2) is 24.3 Å². The minimum Gasteiger partial charge on any atom is -0.492 e. The Bertz CT molecular complexity index is 497. The van der Waals surface area contributed by atoms with Gasteiger partial charge in [-0.05, 0) is 25.8 Å². The Morgan fingerprint density at radius 2 is 2.10 bits per heavy atom. The number of carbonyl (C=O) groups excluding carboxylic acids is 1. The van der Waals surface area contributed by atoms with Crippen LogP contribution in [0.4, 0.5) is 0 Å². The molecule has 2 aliphatic rings. The maximum absolute atomic E-state index is 12.2. The zero-order valence-electron chi connectivity index (χ0n) is 12.7. The van der Waals surface area contributed by atoms with Crippen LogP contribution in [-0.4, -0.2) is 36.0 Å². The molecule has 0 bridgehead atoms. The molecule has 4 heteroatoms. The van der Waals surface area contributed by atoms with Crippen molar-refractivity contribution in [3.63, 3.8) is 0 Å². The molecule has 1 heterocycles. The molecule has 1 aliphatic heterocycles. The van der Waals surface area contributed by atoms with Gasteiger partial charge in [0.2, 0.25) is 5.91 Å². The van der Waals surface area contributed by atoms with Crippen LogP contribution < -0.4 is 10.1 Å². The predicted molar refractivity (Wildman–Crippen MR) is 82.2 cm³/mol. The number of para-hydroxylation sites is 1. The maximum Gasteiger partial charge on any atom is 0.234 e. The van der Waals surface area contributed by atoms with Crippen LogP contribution >= 0.6 is 0 Å². The maximum atomic E-state index is 12.2. The van der Waals surface area contributed by atoms with E-state index in [1.54, 1.807) is 0 Å². The third-order valence-electron chi connectivity index (χ3n) is 4.52. The lowest BCUT2D eigenvalue weighted by Gasteiger charge is -2.26. The van der Waals surface area contributed by atoms with E-state index in [1.807, 2.05) is 18.2 Å². The lowest BCUT2D eigenvalue weighted by molar-refractivity contribution is -0.123. The van der Waals surface area contributed by atoms with Gasteiger partial charge in [-0.25, -0.2) is 0 Å². The largest absolute Gasteiger partial charge is 0.492 e. The molecule has 1 aliphatic carbocycles. The highest BCUT2D eigenvalue weighted by Crippen LogP contribution is 2.24. The smallest absolute Gasteiger partial charge is 0.234 e. The van der Waals surface area contributed by atoms with E-state index in [4.69, 9.17) is 4.74 Å². The fourth-order valence-electron chi connectivity index (χ4n) is 3.21. The van der Waals surface area contributed by atoms with E-state index in [-0.39, 0.29) is 11.9 Å². The first-order valence-corrected chi connectivity index (χ1v) is 7.96. The second-order valence-electron chi connectivity index (χ2n) is 6.22. The number of fused-ring (bicyclic) bond motifs is 1. The number of hydrogen-bond donors (Lipinski definition) is 1. The van der Waals surface area contributed by atoms with Crippen LogP contribution in [0.25, 0.3) is 0 Å². The van der Waals surface area contributed by atoms with E-state index >= 15 is 0 Å². The van der Waals surface area contributed by atoms with Gasteiger partial charge >= 0.3 is 0 Å². The number of carbonyl (C=O) groups is 1. The summed E-state index contributed by atoms with van der Waals surface area (Å²) in [7, 11) is 0. The highest BCUT2D eigenvalue weighted by molar-refractivity contribution is 5.78. The second-order valence-corrected chi connectivity index (χ2v) is 6.22. The van der Waals surface area contributed by atoms with Crippen molar-refractivity contribution in [1.29, 1.82) is 0 Å². The Morgan fingerprint density at radius 1 is 1.33 bits per heavy atom. The van der Waals surface area contributed by atoms with Gasteiger partial charge in [-0.15, -0.1) is 0 Å². The van der Waals surface area contributed by atoms with Crippen LogP contribution in [0.5, 0.6) is 5.75 Å². The monoisotopic (exact) mass is 288 g/mol. The molecule has 1 saturated carbocycles. The molecular weight excluding hydrogens is 264 g/mol. The van der Waals surface area contributed by atoms with E-state index in [9.17, 15) is 4.79 Å². The second kappa shape index (κ2) is 6.48. The summed E-state index contributed by atoms with van der Waals surface area (Å²) in [5, 5.41) is 3.17. The molecule has 0 radical (unpaired) electrons. The fourth-order valence-corrected chi connectivity index (χ4v) is 3.21.